The van der Waals surface area contributed by atoms with Crippen LogP contribution in [-0.4, -0.2) is 12.0 Å². The first-order valence-electron chi connectivity index (χ1n) is 5.46. The molecule has 0 saturated carbocycles. The third-order valence-electron chi connectivity index (χ3n) is 2.53. The molecule has 0 heterocycles. The zero-order chi connectivity index (χ0) is 13.8. The minimum absolute atomic E-state index is 0.00874. The second kappa shape index (κ2) is 5.58. The molecule has 0 radical (unpaired) electrons. The lowest BCUT2D eigenvalue weighted by Crippen LogP contribution is -1.96. The molecular formula is C13H11ClN2O3. The molecule has 0 aromatic heterocycles. The molecule has 19 heavy (non-hydrogen) atoms. The minimum Gasteiger partial charge on any atom is -0.495 e. The van der Waals surface area contributed by atoms with Crippen molar-refractivity contribution in [1.29, 1.82) is 0 Å². The number of benzene rings is 2. The Kier molecular flexibility index (Phi) is 3.87. The standard InChI is InChI=1S/C13H11ClN2O3/c1-19-13-7-6-9(8-10(13)14)15-11-4-2-3-5-12(11)16(17)18/h2-8,15H,1H3. The van der Waals surface area contributed by atoms with Gasteiger partial charge in [0.15, 0.2) is 0 Å². The largest absolute Gasteiger partial charge is 0.495 e. The van der Waals surface area contributed by atoms with Gasteiger partial charge in [0.25, 0.3) is 5.69 Å². The Balaban J connectivity index is 2.31. The molecule has 98 valence electrons. The average Bonchev–Trinajstić information content (AvgIpc) is 2.39. The topological polar surface area (TPSA) is 64.4 Å². The van der Waals surface area contributed by atoms with Gasteiger partial charge in [-0.1, -0.05) is 23.7 Å². The van der Waals surface area contributed by atoms with E-state index in [1.807, 2.05) is 0 Å². The van der Waals surface area contributed by atoms with E-state index in [1.54, 1.807) is 36.4 Å². The second-order valence-corrected chi connectivity index (χ2v) is 4.16. The van der Waals surface area contributed by atoms with Gasteiger partial charge in [0.2, 0.25) is 0 Å². The van der Waals surface area contributed by atoms with E-state index in [0.29, 0.717) is 22.1 Å². The summed E-state index contributed by atoms with van der Waals surface area (Å²) >= 11 is 6.00. The summed E-state index contributed by atoms with van der Waals surface area (Å²) in [5, 5.41) is 14.3. The van der Waals surface area contributed by atoms with Crippen LogP contribution >= 0.6 is 11.6 Å². The normalized spacial score (nSPS) is 10.0. The predicted molar refractivity (Wildman–Crippen MR) is 74.4 cm³/mol. The summed E-state index contributed by atoms with van der Waals surface area (Å²) in [6, 6.07) is 11.5. The van der Waals surface area contributed by atoms with Crippen molar-refractivity contribution in [2.24, 2.45) is 0 Å². The molecule has 0 aliphatic carbocycles. The summed E-state index contributed by atoms with van der Waals surface area (Å²) in [4.78, 5) is 10.5. The molecule has 5 nitrogen and oxygen atoms in total. The lowest BCUT2D eigenvalue weighted by molar-refractivity contribution is -0.383. The number of halogens is 1. The van der Waals surface area contributed by atoms with Crippen LogP contribution in [0.1, 0.15) is 0 Å². The summed E-state index contributed by atoms with van der Waals surface area (Å²) in [6.45, 7) is 0. The number of methoxy groups -OCH3 is 1. The van der Waals surface area contributed by atoms with E-state index in [9.17, 15) is 10.1 Å². The van der Waals surface area contributed by atoms with Crippen LogP contribution in [0.4, 0.5) is 17.1 Å². The van der Waals surface area contributed by atoms with Crippen molar-refractivity contribution in [2.45, 2.75) is 0 Å². The first-order chi connectivity index (χ1) is 9.11. The summed E-state index contributed by atoms with van der Waals surface area (Å²) in [7, 11) is 1.52. The van der Waals surface area contributed by atoms with Crippen LogP contribution in [-0.2, 0) is 0 Å². The third-order valence-corrected chi connectivity index (χ3v) is 2.83. The van der Waals surface area contributed by atoms with Gasteiger partial charge in [0.1, 0.15) is 11.4 Å². The van der Waals surface area contributed by atoms with E-state index < -0.39 is 4.92 Å². The van der Waals surface area contributed by atoms with Crippen LogP contribution < -0.4 is 10.1 Å². The number of ether oxygens (including phenoxy) is 1. The summed E-state index contributed by atoms with van der Waals surface area (Å²) in [6.07, 6.45) is 0. The van der Waals surface area contributed by atoms with Crippen molar-refractivity contribution in [3.63, 3.8) is 0 Å². The van der Waals surface area contributed by atoms with Crippen molar-refractivity contribution in [3.8, 4) is 5.75 Å². The van der Waals surface area contributed by atoms with Gasteiger partial charge in [-0.3, -0.25) is 10.1 Å². The van der Waals surface area contributed by atoms with E-state index >= 15 is 0 Å². The van der Waals surface area contributed by atoms with Crippen molar-refractivity contribution in [2.75, 3.05) is 12.4 Å². The molecule has 2 aromatic rings. The molecule has 0 bridgehead atoms. The lowest BCUT2D eigenvalue weighted by atomic mass is 10.2. The Morgan fingerprint density at radius 3 is 2.63 bits per heavy atom. The number of hydrogen-bond acceptors (Lipinski definition) is 4. The third kappa shape index (κ3) is 2.95. The predicted octanol–water partition coefficient (Wildman–Crippen LogP) is 4.00. The van der Waals surface area contributed by atoms with Crippen LogP contribution in [0.15, 0.2) is 42.5 Å². The maximum absolute atomic E-state index is 10.9. The van der Waals surface area contributed by atoms with Crippen molar-refractivity contribution >= 4 is 28.7 Å². The number of nitrogens with one attached hydrogen (secondary N) is 1. The zero-order valence-electron chi connectivity index (χ0n) is 10.1. The van der Waals surface area contributed by atoms with Gasteiger partial charge in [-0.25, -0.2) is 0 Å². The molecule has 0 amide bonds. The molecule has 0 atom stereocenters. The molecule has 6 heteroatoms. The van der Waals surface area contributed by atoms with Crippen LogP contribution in [0, 0.1) is 10.1 Å². The van der Waals surface area contributed by atoms with E-state index in [4.69, 9.17) is 16.3 Å². The van der Waals surface area contributed by atoms with E-state index in [-0.39, 0.29) is 5.69 Å². The fraction of sp³-hybridized carbons (Fsp3) is 0.0769. The Hall–Kier alpha value is -2.27. The van der Waals surface area contributed by atoms with Gasteiger partial charge in [-0.15, -0.1) is 0 Å². The Bertz CT molecular complexity index is 617. The zero-order valence-corrected chi connectivity index (χ0v) is 10.8. The molecule has 1 N–H and O–H groups in total. The summed E-state index contributed by atoms with van der Waals surface area (Å²) in [5.41, 5.74) is 1.07. The molecule has 0 aliphatic heterocycles. The molecule has 2 aromatic carbocycles. The smallest absolute Gasteiger partial charge is 0.292 e. The quantitative estimate of drug-likeness (QED) is 0.678. The Morgan fingerprint density at radius 2 is 2.00 bits per heavy atom. The highest BCUT2D eigenvalue weighted by atomic mass is 35.5. The van der Waals surface area contributed by atoms with Gasteiger partial charge in [-0.05, 0) is 24.3 Å². The molecule has 0 aliphatic rings. The molecule has 2 rings (SSSR count). The van der Waals surface area contributed by atoms with Gasteiger partial charge < -0.3 is 10.1 Å². The second-order valence-electron chi connectivity index (χ2n) is 3.75. The van der Waals surface area contributed by atoms with Crippen LogP contribution in [0.5, 0.6) is 5.75 Å². The summed E-state index contributed by atoms with van der Waals surface area (Å²) in [5.74, 6) is 0.551. The number of rotatable bonds is 4. The molecular weight excluding hydrogens is 268 g/mol. The first kappa shape index (κ1) is 13.2. The van der Waals surface area contributed by atoms with Crippen LogP contribution in [0.25, 0.3) is 0 Å². The SMILES string of the molecule is COc1ccc(Nc2ccccc2[N+](=O)[O-])cc1Cl. The van der Waals surface area contributed by atoms with E-state index in [1.165, 1.54) is 13.2 Å². The number of nitro groups is 1. The number of hydrogen-bond donors (Lipinski definition) is 1. The van der Waals surface area contributed by atoms with E-state index in [2.05, 4.69) is 5.32 Å². The number of para-hydroxylation sites is 2. The number of nitro benzene ring substituents is 1. The van der Waals surface area contributed by atoms with Crippen molar-refractivity contribution < 1.29 is 9.66 Å². The van der Waals surface area contributed by atoms with Gasteiger partial charge >= 0.3 is 0 Å². The van der Waals surface area contributed by atoms with Crippen LogP contribution in [0.3, 0.4) is 0 Å². The van der Waals surface area contributed by atoms with Crippen molar-refractivity contribution in [1.82, 2.24) is 0 Å². The highest BCUT2D eigenvalue weighted by Gasteiger charge is 2.12. The van der Waals surface area contributed by atoms with Gasteiger partial charge in [-0.2, -0.15) is 0 Å². The Morgan fingerprint density at radius 1 is 1.26 bits per heavy atom. The van der Waals surface area contributed by atoms with E-state index in [0.717, 1.165) is 0 Å². The van der Waals surface area contributed by atoms with Crippen molar-refractivity contribution in [3.05, 3.63) is 57.6 Å². The number of nitrogens with zero attached hydrogens (tertiary/aromatic N) is 1. The fourth-order valence-corrected chi connectivity index (χ4v) is 1.90. The molecule has 0 saturated heterocycles. The highest BCUT2D eigenvalue weighted by molar-refractivity contribution is 6.32. The minimum atomic E-state index is -0.437. The maximum Gasteiger partial charge on any atom is 0.292 e. The first-order valence-corrected chi connectivity index (χ1v) is 5.83. The number of anilines is 2. The fourth-order valence-electron chi connectivity index (χ4n) is 1.64. The lowest BCUT2D eigenvalue weighted by Gasteiger charge is -2.09. The monoisotopic (exact) mass is 278 g/mol. The summed E-state index contributed by atoms with van der Waals surface area (Å²) < 4.78 is 5.04. The van der Waals surface area contributed by atoms with Gasteiger partial charge in [0, 0.05) is 11.8 Å². The van der Waals surface area contributed by atoms with Crippen LogP contribution in [0.2, 0.25) is 5.02 Å². The van der Waals surface area contributed by atoms with Gasteiger partial charge in [0.05, 0.1) is 17.1 Å². The maximum atomic E-state index is 10.9. The highest BCUT2D eigenvalue weighted by Crippen LogP contribution is 2.31. The molecule has 0 fully saturated rings. The molecule has 0 unspecified atom stereocenters. The average molecular weight is 279 g/mol. The Labute approximate surface area is 114 Å². The molecule has 0 spiro atoms.